The second kappa shape index (κ2) is 8.92. The molecule has 1 amide bonds. The molecule has 0 unspecified atom stereocenters. The minimum Gasteiger partial charge on any atom is -0.449 e. The fourth-order valence-corrected chi connectivity index (χ4v) is 3.94. The first-order chi connectivity index (χ1) is 15.1. The number of hydrogen-bond acceptors (Lipinski definition) is 5. The zero-order valence-electron chi connectivity index (χ0n) is 17.5. The molecule has 1 aliphatic carbocycles. The first-order valence-corrected chi connectivity index (χ1v) is 10.3. The van der Waals surface area contributed by atoms with Crippen molar-refractivity contribution in [3.63, 3.8) is 0 Å². The molecule has 5 N–H and O–H groups in total. The summed E-state index contributed by atoms with van der Waals surface area (Å²) >= 11 is 0. The maximum Gasteiger partial charge on any atom is 0.407 e. The highest BCUT2D eigenvalue weighted by Crippen LogP contribution is 2.44. The van der Waals surface area contributed by atoms with Crippen molar-refractivity contribution in [3.8, 4) is 11.1 Å². The molecule has 3 aromatic rings. The zero-order chi connectivity index (χ0) is 21.8. The van der Waals surface area contributed by atoms with Crippen LogP contribution in [0.15, 0.2) is 60.8 Å². The number of rotatable bonds is 6. The van der Waals surface area contributed by atoms with Crippen LogP contribution < -0.4 is 16.8 Å². The van der Waals surface area contributed by atoms with Crippen LogP contribution in [-0.4, -0.2) is 24.2 Å². The lowest BCUT2D eigenvalue weighted by molar-refractivity contribution is 0.143. The minimum atomic E-state index is -0.412. The van der Waals surface area contributed by atoms with Crippen LogP contribution in [0.1, 0.15) is 34.6 Å². The number of pyridine rings is 1. The van der Waals surface area contributed by atoms with E-state index in [1.165, 1.54) is 22.3 Å². The summed E-state index contributed by atoms with van der Waals surface area (Å²) in [6.07, 6.45) is 5.83. The fourth-order valence-electron chi connectivity index (χ4n) is 3.94. The van der Waals surface area contributed by atoms with Crippen molar-refractivity contribution < 1.29 is 9.53 Å². The molecule has 0 radical (unpaired) electrons. The Bertz CT molecular complexity index is 1090. The third kappa shape index (κ3) is 4.23. The summed E-state index contributed by atoms with van der Waals surface area (Å²) in [6.45, 7) is 2.69. The van der Waals surface area contributed by atoms with Crippen LogP contribution in [0.5, 0.6) is 0 Å². The Morgan fingerprint density at radius 3 is 2.42 bits per heavy atom. The molecule has 0 bridgehead atoms. The van der Waals surface area contributed by atoms with E-state index in [1.54, 1.807) is 6.20 Å². The van der Waals surface area contributed by atoms with E-state index in [0.717, 1.165) is 11.1 Å². The molecule has 0 atom stereocenters. The van der Waals surface area contributed by atoms with Crippen molar-refractivity contribution in [2.24, 2.45) is 0 Å². The normalized spacial score (nSPS) is 12.5. The first kappa shape index (κ1) is 20.5. The van der Waals surface area contributed by atoms with Crippen LogP contribution in [0.2, 0.25) is 0 Å². The van der Waals surface area contributed by atoms with Gasteiger partial charge in [-0.25, -0.2) is 9.78 Å². The van der Waals surface area contributed by atoms with Crippen molar-refractivity contribution in [2.45, 2.75) is 19.3 Å². The Morgan fingerprint density at radius 2 is 1.74 bits per heavy atom. The van der Waals surface area contributed by atoms with Gasteiger partial charge in [0.2, 0.25) is 0 Å². The SMILES string of the molecule is Cc1c(C=CCCNC(=O)OCC2c3ccccc3-c3ccccc32)cnc(N)c1N. The van der Waals surface area contributed by atoms with E-state index in [2.05, 4.69) is 34.6 Å². The molecule has 0 saturated carbocycles. The van der Waals surface area contributed by atoms with E-state index in [1.807, 2.05) is 43.3 Å². The molecule has 0 fully saturated rings. The van der Waals surface area contributed by atoms with E-state index < -0.39 is 6.09 Å². The Morgan fingerprint density at radius 1 is 1.10 bits per heavy atom. The number of aromatic nitrogens is 1. The number of amides is 1. The summed E-state index contributed by atoms with van der Waals surface area (Å²) in [5.41, 5.74) is 18.7. The molecular weight excluding hydrogens is 388 g/mol. The number of nitrogens with zero attached hydrogens (tertiary/aromatic N) is 1. The van der Waals surface area contributed by atoms with E-state index in [4.69, 9.17) is 16.2 Å². The molecule has 0 spiro atoms. The number of carbonyl (C=O) groups excluding carboxylic acids is 1. The highest BCUT2D eigenvalue weighted by molar-refractivity contribution is 5.79. The number of alkyl carbamates (subject to hydrolysis) is 1. The van der Waals surface area contributed by atoms with E-state index in [9.17, 15) is 4.79 Å². The van der Waals surface area contributed by atoms with Crippen molar-refractivity contribution in [3.05, 3.63) is 83.1 Å². The number of nitrogen functional groups attached to an aromatic ring is 2. The highest BCUT2D eigenvalue weighted by Gasteiger charge is 2.28. The Balaban J connectivity index is 1.28. The summed E-state index contributed by atoms with van der Waals surface area (Å²) in [5, 5.41) is 2.80. The van der Waals surface area contributed by atoms with Gasteiger partial charge in [-0.2, -0.15) is 0 Å². The molecule has 1 aliphatic rings. The van der Waals surface area contributed by atoms with Gasteiger partial charge < -0.3 is 21.5 Å². The Hall–Kier alpha value is -3.80. The molecule has 158 valence electrons. The maximum absolute atomic E-state index is 12.2. The molecule has 31 heavy (non-hydrogen) atoms. The number of ether oxygens (including phenoxy) is 1. The number of anilines is 2. The number of carbonyl (C=O) groups is 1. The molecule has 1 heterocycles. The Labute approximate surface area is 181 Å². The molecule has 6 nitrogen and oxygen atoms in total. The lowest BCUT2D eigenvalue weighted by Gasteiger charge is -2.14. The van der Waals surface area contributed by atoms with Crippen LogP contribution in [-0.2, 0) is 4.74 Å². The monoisotopic (exact) mass is 414 g/mol. The van der Waals surface area contributed by atoms with E-state index in [0.29, 0.717) is 31.1 Å². The summed E-state index contributed by atoms with van der Waals surface area (Å²) < 4.78 is 5.54. The average Bonchev–Trinajstić information content (AvgIpc) is 3.11. The predicted octanol–water partition coefficient (Wildman–Crippen LogP) is 4.50. The smallest absolute Gasteiger partial charge is 0.407 e. The number of nitrogens with one attached hydrogen (secondary N) is 1. The van der Waals surface area contributed by atoms with E-state index >= 15 is 0 Å². The molecule has 2 aromatic carbocycles. The number of hydrogen-bond donors (Lipinski definition) is 3. The van der Waals surface area contributed by atoms with Gasteiger partial charge in [-0.05, 0) is 46.7 Å². The molecular formula is C25H26N4O2. The third-order valence-electron chi connectivity index (χ3n) is 5.68. The topological polar surface area (TPSA) is 103 Å². The van der Waals surface area contributed by atoms with Crippen LogP contribution >= 0.6 is 0 Å². The Kier molecular flexibility index (Phi) is 5.89. The van der Waals surface area contributed by atoms with Gasteiger partial charge in [0.15, 0.2) is 0 Å². The van der Waals surface area contributed by atoms with Gasteiger partial charge in [0.05, 0.1) is 5.69 Å². The van der Waals surface area contributed by atoms with Crippen LogP contribution in [0.25, 0.3) is 17.2 Å². The quantitative estimate of drug-likeness (QED) is 0.516. The van der Waals surface area contributed by atoms with Gasteiger partial charge in [-0.3, -0.25) is 0 Å². The molecule has 0 aliphatic heterocycles. The van der Waals surface area contributed by atoms with Gasteiger partial charge in [0, 0.05) is 18.7 Å². The van der Waals surface area contributed by atoms with Crippen LogP contribution in [0.3, 0.4) is 0 Å². The third-order valence-corrected chi connectivity index (χ3v) is 5.68. The molecule has 1 aromatic heterocycles. The number of fused-ring (bicyclic) bond motifs is 3. The highest BCUT2D eigenvalue weighted by atomic mass is 16.5. The van der Waals surface area contributed by atoms with Crippen LogP contribution in [0, 0.1) is 6.92 Å². The molecule has 6 heteroatoms. The summed E-state index contributed by atoms with van der Waals surface area (Å²) in [6, 6.07) is 16.6. The van der Waals surface area contributed by atoms with Crippen molar-refractivity contribution in [1.29, 1.82) is 0 Å². The summed E-state index contributed by atoms with van der Waals surface area (Å²) in [4.78, 5) is 16.3. The lowest BCUT2D eigenvalue weighted by atomic mass is 9.98. The number of benzene rings is 2. The zero-order valence-corrected chi connectivity index (χ0v) is 17.5. The predicted molar refractivity (Wildman–Crippen MR) is 125 cm³/mol. The summed E-state index contributed by atoms with van der Waals surface area (Å²) in [7, 11) is 0. The van der Waals surface area contributed by atoms with Gasteiger partial charge in [0.25, 0.3) is 0 Å². The average molecular weight is 415 g/mol. The second-order valence-electron chi connectivity index (χ2n) is 7.58. The maximum atomic E-state index is 12.2. The lowest BCUT2D eigenvalue weighted by Crippen LogP contribution is -2.26. The first-order valence-electron chi connectivity index (χ1n) is 10.3. The van der Waals surface area contributed by atoms with Crippen LogP contribution in [0.4, 0.5) is 16.3 Å². The van der Waals surface area contributed by atoms with Gasteiger partial charge in [-0.1, -0.05) is 60.7 Å². The van der Waals surface area contributed by atoms with Gasteiger partial charge in [-0.15, -0.1) is 0 Å². The molecule has 0 saturated heterocycles. The van der Waals surface area contributed by atoms with E-state index in [-0.39, 0.29) is 5.92 Å². The van der Waals surface area contributed by atoms with Gasteiger partial charge in [0.1, 0.15) is 12.4 Å². The standard InChI is InChI=1S/C25H26N4O2/c1-16-17(14-29-24(27)23(16)26)8-6-7-13-28-25(30)31-15-22-20-11-4-2-9-18(20)19-10-3-5-12-21(19)22/h2-6,8-12,14,22H,7,13,15,26H2,1H3,(H2,27,29)(H,28,30). The summed E-state index contributed by atoms with van der Waals surface area (Å²) in [5.74, 6) is 0.399. The van der Waals surface area contributed by atoms with Crippen molar-refractivity contribution in [2.75, 3.05) is 24.6 Å². The fraction of sp³-hybridized carbons (Fsp3) is 0.200. The largest absolute Gasteiger partial charge is 0.449 e. The van der Waals surface area contributed by atoms with Crippen molar-refractivity contribution in [1.82, 2.24) is 10.3 Å². The second-order valence-corrected chi connectivity index (χ2v) is 7.58. The number of nitrogens with two attached hydrogens (primary N) is 2. The molecule has 4 rings (SSSR count). The van der Waals surface area contributed by atoms with Gasteiger partial charge >= 0.3 is 6.09 Å². The van der Waals surface area contributed by atoms with Crippen molar-refractivity contribution >= 4 is 23.7 Å². The minimum absolute atomic E-state index is 0.0597.